The number of fused-ring (bicyclic) bond motifs is 1. The van der Waals surface area contributed by atoms with Gasteiger partial charge in [-0.2, -0.15) is 0 Å². The second-order valence-corrected chi connectivity index (χ2v) is 3.37. The van der Waals surface area contributed by atoms with E-state index < -0.39 is 0 Å². The molecular formula is C9H10ClNO. The molecular weight excluding hydrogens is 174 g/mol. The van der Waals surface area contributed by atoms with Gasteiger partial charge in [0.05, 0.1) is 6.61 Å². The van der Waals surface area contributed by atoms with E-state index in [2.05, 4.69) is 5.32 Å². The molecule has 2 nitrogen and oxygen atoms in total. The zero-order valence-electron chi connectivity index (χ0n) is 6.60. The molecule has 0 bridgehead atoms. The molecule has 12 heavy (non-hydrogen) atoms. The van der Waals surface area contributed by atoms with Crippen LogP contribution in [0.2, 0.25) is 5.02 Å². The van der Waals surface area contributed by atoms with Crippen molar-refractivity contribution in [1.29, 1.82) is 0 Å². The fraction of sp³-hybridized carbons (Fsp3) is 0.333. The summed E-state index contributed by atoms with van der Waals surface area (Å²) in [5, 5.41) is 13.0. The Morgan fingerprint density at radius 3 is 3.08 bits per heavy atom. The molecule has 0 saturated carbocycles. The summed E-state index contributed by atoms with van der Waals surface area (Å²) >= 11 is 5.87. The van der Waals surface area contributed by atoms with Crippen LogP contribution in [-0.2, 0) is 13.0 Å². The summed E-state index contributed by atoms with van der Waals surface area (Å²) in [6.45, 7) is 0.999. The van der Waals surface area contributed by atoms with Gasteiger partial charge < -0.3 is 10.4 Å². The summed E-state index contributed by atoms with van der Waals surface area (Å²) in [7, 11) is 0. The summed E-state index contributed by atoms with van der Waals surface area (Å²) in [5.41, 5.74) is 3.18. The average Bonchev–Trinajstić information content (AvgIpc) is 2.50. The lowest BCUT2D eigenvalue weighted by Gasteiger charge is -2.06. The monoisotopic (exact) mass is 183 g/mol. The lowest BCUT2D eigenvalue weighted by molar-refractivity contribution is 0.282. The van der Waals surface area contributed by atoms with Gasteiger partial charge in [-0.1, -0.05) is 11.6 Å². The highest BCUT2D eigenvalue weighted by molar-refractivity contribution is 6.30. The highest BCUT2D eigenvalue weighted by Gasteiger charge is 2.14. The molecule has 0 spiro atoms. The molecule has 0 unspecified atom stereocenters. The molecule has 1 aromatic rings. The Hall–Kier alpha value is -0.730. The third-order valence-electron chi connectivity index (χ3n) is 2.13. The Kier molecular flexibility index (Phi) is 1.95. The first kappa shape index (κ1) is 7.90. The molecule has 0 fully saturated rings. The Morgan fingerprint density at radius 2 is 2.33 bits per heavy atom. The largest absolute Gasteiger partial charge is 0.392 e. The van der Waals surface area contributed by atoms with Crippen LogP contribution in [0.5, 0.6) is 0 Å². The lowest BCUT2D eigenvalue weighted by atomic mass is 10.1. The zero-order valence-corrected chi connectivity index (χ0v) is 7.36. The Bertz CT molecular complexity index is 312. The highest BCUT2D eigenvalue weighted by Crippen LogP contribution is 2.29. The van der Waals surface area contributed by atoms with Gasteiger partial charge in [-0.05, 0) is 24.1 Å². The van der Waals surface area contributed by atoms with Gasteiger partial charge in [0, 0.05) is 22.8 Å². The minimum atomic E-state index is 0.0515. The number of anilines is 1. The number of halogens is 1. The number of hydrogen-bond acceptors (Lipinski definition) is 2. The second kappa shape index (κ2) is 2.96. The predicted octanol–water partition coefficient (Wildman–Crippen LogP) is 1.80. The number of benzene rings is 1. The van der Waals surface area contributed by atoms with Crippen molar-refractivity contribution in [1.82, 2.24) is 0 Å². The smallest absolute Gasteiger partial charge is 0.0702 e. The number of aliphatic hydroxyl groups excluding tert-OH is 1. The third-order valence-corrected chi connectivity index (χ3v) is 2.35. The van der Waals surface area contributed by atoms with Crippen LogP contribution in [0, 0.1) is 0 Å². The van der Waals surface area contributed by atoms with Crippen LogP contribution in [0.4, 0.5) is 5.69 Å². The van der Waals surface area contributed by atoms with Crippen LogP contribution < -0.4 is 5.32 Å². The van der Waals surface area contributed by atoms with Gasteiger partial charge in [0.25, 0.3) is 0 Å². The molecule has 1 aliphatic rings. The van der Waals surface area contributed by atoms with Gasteiger partial charge >= 0.3 is 0 Å². The average molecular weight is 184 g/mol. The topological polar surface area (TPSA) is 32.3 Å². The zero-order chi connectivity index (χ0) is 8.55. The molecule has 0 amide bonds. The molecule has 0 aromatic heterocycles. The van der Waals surface area contributed by atoms with Crippen LogP contribution in [-0.4, -0.2) is 11.7 Å². The van der Waals surface area contributed by atoms with E-state index in [1.807, 2.05) is 6.07 Å². The maximum atomic E-state index is 9.03. The van der Waals surface area contributed by atoms with Gasteiger partial charge in [0.1, 0.15) is 0 Å². The van der Waals surface area contributed by atoms with Crippen LogP contribution >= 0.6 is 11.6 Å². The van der Waals surface area contributed by atoms with Crippen LogP contribution in [0.3, 0.4) is 0 Å². The summed E-state index contributed by atoms with van der Waals surface area (Å²) in [6, 6.07) is 3.76. The maximum absolute atomic E-state index is 9.03. The molecule has 2 N–H and O–H groups in total. The Labute approximate surface area is 76.2 Å². The third kappa shape index (κ3) is 1.17. The van der Waals surface area contributed by atoms with Gasteiger partial charge in [-0.15, -0.1) is 0 Å². The molecule has 64 valence electrons. The van der Waals surface area contributed by atoms with Gasteiger partial charge in [-0.25, -0.2) is 0 Å². The van der Waals surface area contributed by atoms with E-state index in [-0.39, 0.29) is 6.61 Å². The van der Waals surface area contributed by atoms with E-state index in [0.29, 0.717) is 5.02 Å². The minimum Gasteiger partial charge on any atom is -0.392 e. The summed E-state index contributed by atoms with van der Waals surface area (Å²) in [4.78, 5) is 0. The first-order chi connectivity index (χ1) is 5.81. The second-order valence-electron chi connectivity index (χ2n) is 2.93. The Balaban J connectivity index is 2.55. The van der Waals surface area contributed by atoms with E-state index in [1.165, 1.54) is 5.56 Å². The van der Waals surface area contributed by atoms with E-state index in [1.54, 1.807) is 6.07 Å². The molecule has 1 aliphatic heterocycles. The quantitative estimate of drug-likeness (QED) is 0.696. The molecule has 0 radical (unpaired) electrons. The van der Waals surface area contributed by atoms with E-state index in [0.717, 1.165) is 24.2 Å². The van der Waals surface area contributed by atoms with Crippen molar-refractivity contribution in [3.8, 4) is 0 Å². The fourth-order valence-electron chi connectivity index (χ4n) is 1.60. The van der Waals surface area contributed by atoms with Crippen molar-refractivity contribution in [3.05, 3.63) is 28.3 Å². The number of nitrogens with one attached hydrogen (secondary N) is 1. The van der Waals surface area contributed by atoms with Crippen molar-refractivity contribution in [2.24, 2.45) is 0 Å². The fourth-order valence-corrected chi connectivity index (χ4v) is 1.86. The SMILES string of the molecule is OCc1cc(Cl)cc2c1NCC2. The summed E-state index contributed by atoms with van der Waals surface area (Å²) in [6.07, 6.45) is 1.00. The van der Waals surface area contributed by atoms with Crippen molar-refractivity contribution >= 4 is 17.3 Å². The van der Waals surface area contributed by atoms with Crippen LogP contribution in [0.1, 0.15) is 11.1 Å². The van der Waals surface area contributed by atoms with Crippen molar-refractivity contribution < 1.29 is 5.11 Å². The first-order valence-corrected chi connectivity index (χ1v) is 4.35. The molecule has 3 heteroatoms. The number of aliphatic hydroxyl groups is 1. The number of hydrogen-bond donors (Lipinski definition) is 2. The lowest BCUT2D eigenvalue weighted by Crippen LogP contribution is -1.95. The molecule has 2 rings (SSSR count). The number of rotatable bonds is 1. The Morgan fingerprint density at radius 1 is 1.50 bits per heavy atom. The first-order valence-electron chi connectivity index (χ1n) is 3.97. The van der Waals surface area contributed by atoms with E-state index in [9.17, 15) is 0 Å². The van der Waals surface area contributed by atoms with Crippen LogP contribution in [0.15, 0.2) is 12.1 Å². The minimum absolute atomic E-state index is 0.0515. The van der Waals surface area contributed by atoms with Gasteiger partial charge in [-0.3, -0.25) is 0 Å². The molecule has 0 atom stereocenters. The van der Waals surface area contributed by atoms with E-state index in [4.69, 9.17) is 16.7 Å². The predicted molar refractivity (Wildman–Crippen MR) is 49.6 cm³/mol. The molecule has 0 saturated heterocycles. The maximum Gasteiger partial charge on any atom is 0.0702 e. The van der Waals surface area contributed by atoms with Crippen molar-refractivity contribution in [3.63, 3.8) is 0 Å². The summed E-state index contributed by atoms with van der Waals surface area (Å²) < 4.78 is 0. The standard InChI is InChI=1S/C9H10ClNO/c10-8-3-6-1-2-11-9(6)7(4-8)5-12/h3-4,11-12H,1-2,5H2. The molecule has 1 aromatic carbocycles. The molecule has 1 heterocycles. The van der Waals surface area contributed by atoms with E-state index >= 15 is 0 Å². The summed E-state index contributed by atoms with van der Waals surface area (Å²) in [5.74, 6) is 0. The highest BCUT2D eigenvalue weighted by atomic mass is 35.5. The van der Waals surface area contributed by atoms with Gasteiger partial charge in [0.2, 0.25) is 0 Å². The van der Waals surface area contributed by atoms with Crippen LogP contribution in [0.25, 0.3) is 0 Å². The molecule has 0 aliphatic carbocycles. The normalized spacial score (nSPS) is 14.2. The van der Waals surface area contributed by atoms with Gasteiger partial charge in [0.15, 0.2) is 0 Å². The van der Waals surface area contributed by atoms with Crippen molar-refractivity contribution in [2.75, 3.05) is 11.9 Å². The van der Waals surface area contributed by atoms with Crippen molar-refractivity contribution in [2.45, 2.75) is 13.0 Å².